The standard InChI is InChI=1S/C10H13NO2/c1-2-7-4-3-5-8(10(12)13)9(7)6-11/h3-5H,2,6,11H2,1H3,(H,12,13). The topological polar surface area (TPSA) is 63.3 Å². The number of benzene rings is 1. The minimum atomic E-state index is -0.907. The molecule has 1 aromatic carbocycles. The van der Waals surface area contributed by atoms with E-state index in [1.165, 1.54) is 0 Å². The van der Waals surface area contributed by atoms with Gasteiger partial charge in [0, 0.05) is 6.54 Å². The molecule has 0 heterocycles. The summed E-state index contributed by atoms with van der Waals surface area (Å²) in [5.74, 6) is -0.907. The van der Waals surface area contributed by atoms with E-state index in [-0.39, 0.29) is 6.54 Å². The van der Waals surface area contributed by atoms with Gasteiger partial charge < -0.3 is 10.8 Å². The summed E-state index contributed by atoms with van der Waals surface area (Å²) in [4.78, 5) is 10.8. The Morgan fingerprint density at radius 2 is 2.23 bits per heavy atom. The molecule has 0 aliphatic rings. The van der Waals surface area contributed by atoms with Gasteiger partial charge in [0.25, 0.3) is 0 Å². The van der Waals surface area contributed by atoms with E-state index < -0.39 is 5.97 Å². The Kier molecular flexibility index (Phi) is 3.03. The number of nitrogens with two attached hydrogens (primary N) is 1. The minimum absolute atomic E-state index is 0.283. The minimum Gasteiger partial charge on any atom is -0.478 e. The zero-order chi connectivity index (χ0) is 9.84. The van der Waals surface area contributed by atoms with Crippen molar-refractivity contribution >= 4 is 5.97 Å². The molecule has 3 N–H and O–H groups in total. The lowest BCUT2D eigenvalue weighted by atomic mass is 9.99. The highest BCUT2D eigenvalue weighted by Crippen LogP contribution is 2.14. The average Bonchev–Trinajstić information content (AvgIpc) is 2.16. The van der Waals surface area contributed by atoms with Crippen LogP contribution < -0.4 is 5.73 Å². The summed E-state index contributed by atoms with van der Waals surface area (Å²) >= 11 is 0. The smallest absolute Gasteiger partial charge is 0.336 e. The predicted molar refractivity (Wildman–Crippen MR) is 50.7 cm³/mol. The molecule has 0 atom stereocenters. The Balaban J connectivity index is 3.27. The third-order valence-electron chi connectivity index (χ3n) is 2.09. The lowest BCUT2D eigenvalue weighted by molar-refractivity contribution is 0.0695. The van der Waals surface area contributed by atoms with Crippen LogP contribution in [0.1, 0.15) is 28.4 Å². The molecule has 0 fully saturated rings. The molecule has 0 saturated carbocycles. The summed E-state index contributed by atoms with van der Waals surface area (Å²) in [6.45, 7) is 2.27. The van der Waals surface area contributed by atoms with Crippen molar-refractivity contribution in [3.63, 3.8) is 0 Å². The van der Waals surface area contributed by atoms with Crippen molar-refractivity contribution in [1.29, 1.82) is 0 Å². The largest absolute Gasteiger partial charge is 0.478 e. The van der Waals surface area contributed by atoms with Crippen molar-refractivity contribution in [3.05, 3.63) is 34.9 Å². The maximum absolute atomic E-state index is 10.8. The first-order valence-corrected chi connectivity index (χ1v) is 4.24. The van der Waals surface area contributed by atoms with E-state index >= 15 is 0 Å². The maximum atomic E-state index is 10.8. The molecule has 13 heavy (non-hydrogen) atoms. The fourth-order valence-corrected chi connectivity index (χ4v) is 1.41. The van der Waals surface area contributed by atoms with Crippen LogP contribution in [0.3, 0.4) is 0 Å². The van der Waals surface area contributed by atoms with Gasteiger partial charge in [-0.15, -0.1) is 0 Å². The van der Waals surface area contributed by atoms with Crippen LogP contribution in [0.25, 0.3) is 0 Å². The van der Waals surface area contributed by atoms with Crippen molar-refractivity contribution in [2.24, 2.45) is 5.73 Å². The monoisotopic (exact) mass is 179 g/mol. The number of hydrogen-bond donors (Lipinski definition) is 2. The normalized spacial score (nSPS) is 10.0. The van der Waals surface area contributed by atoms with Crippen molar-refractivity contribution in [3.8, 4) is 0 Å². The van der Waals surface area contributed by atoms with E-state index in [1.54, 1.807) is 12.1 Å². The molecule has 0 unspecified atom stereocenters. The number of hydrogen-bond acceptors (Lipinski definition) is 2. The molecule has 3 nitrogen and oxygen atoms in total. The summed E-state index contributed by atoms with van der Waals surface area (Å²) in [6, 6.07) is 5.25. The lowest BCUT2D eigenvalue weighted by Crippen LogP contribution is -2.09. The Morgan fingerprint density at radius 1 is 1.54 bits per heavy atom. The van der Waals surface area contributed by atoms with Crippen molar-refractivity contribution in [2.75, 3.05) is 0 Å². The highest BCUT2D eigenvalue weighted by atomic mass is 16.4. The second-order valence-electron chi connectivity index (χ2n) is 2.81. The van der Waals surface area contributed by atoms with Crippen LogP contribution in [-0.2, 0) is 13.0 Å². The summed E-state index contributed by atoms with van der Waals surface area (Å²) in [6.07, 6.45) is 0.813. The predicted octanol–water partition coefficient (Wildman–Crippen LogP) is 1.41. The highest BCUT2D eigenvalue weighted by Gasteiger charge is 2.10. The molecule has 0 bridgehead atoms. The van der Waals surface area contributed by atoms with Gasteiger partial charge in [-0.2, -0.15) is 0 Å². The first kappa shape index (κ1) is 9.74. The molecular formula is C10H13NO2. The molecule has 0 radical (unpaired) electrons. The van der Waals surface area contributed by atoms with Gasteiger partial charge in [-0.05, 0) is 23.6 Å². The zero-order valence-corrected chi connectivity index (χ0v) is 7.58. The molecule has 1 rings (SSSR count). The number of rotatable bonds is 3. The SMILES string of the molecule is CCc1cccc(C(=O)O)c1CN. The molecule has 70 valence electrons. The van der Waals surface area contributed by atoms with E-state index in [2.05, 4.69) is 0 Å². The second kappa shape index (κ2) is 4.05. The van der Waals surface area contributed by atoms with Crippen molar-refractivity contribution in [1.82, 2.24) is 0 Å². The lowest BCUT2D eigenvalue weighted by Gasteiger charge is -2.08. The van der Waals surface area contributed by atoms with Gasteiger partial charge in [0.2, 0.25) is 0 Å². The second-order valence-corrected chi connectivity index (χ2v) is 2.81. The van der Waals surface area contributed by atoms with E-state index in [1.807, 2.05) is 13.0 Å². The van der Waals surface area contributed by atoms with Gasteiger partial charge in [-0.1, -0.05) is 19.1 Å². The molecule has 0 saturated heterocycles. The number of carbonyl (C=O) groups is 1. The van der Waals surface area contributed by atoms with E-state index in [0.29, 0.717) is 5.56 Å². The Labute approximate surface area is 77.2 Å². The fourth-order valence-electron chi connectivity index (χ4n) is 1.41. The molecular weight excluding hydrogens is 166 g/mol. The Morgan fingerprint density at radius 3 is 2.69 bits per heavy atom. The first-order valence-electron chi connectivity index (χ1n) is 4.24. The quantitative estimate of drug-likeness (QED) is 0.737. The van der Waals surface area contributed by atoms with Crippen molar-refractivity contribution in [2.45, 2.75) is 19.9 Å². The fraction of sp³-hybridized carbons (Fsp3) is 0.300. The molecule has 0 aromatic heterocycles. The Hall–Kier alpha value is -1.35. The van der Waals surface area contributed by atoms with Crippen LogP contribution in [0.4, 0.5) is 0 Å². The number of aromatic carboxylic acids is 1. The number of carboxylic acid groups (broad SMARTS) is 1. The zero-order valence-electron chi connectivity index (χ0n) is 7.58. The van der Waals surface area contributed by atoms with Gasteiger partial charge in [0.05, 0.1) is 5.56 Å². The van der Waals surface area contributed by atoms with Crippen LogP contribution >= 0.6 is 0 Å². The summed E-state index contributed by atoms with van der Waals surface area (Å²) in [5, 5.41) is 8.86. The third kappa shape index (κ3) is 1.87. The number of aryl methyl sites for hydroxylation is 1. The molecule has 0 aliphatic heterocycles. The van der Waals surface area contributed by atoms with Gasteiger partial charge in [0.15, 0.2) is 0 Å². The first-order chi connectivity index (χ1) is 6.20. The summed E-state index contributed by atoms with van der Waals surface area (Å²) in [7, 11) is 0. The summed E-state index contributed by atoms with van der Waals surface area (Å²) in [5.41, 5.74) is 7.59. The highest BCUT2D eigenvalue weighted by molar-refractivity contribution is 5.89. The molecule has 0 spiro atoms. The maximum Gasteiger partial charge on any atom is 0.336 e. The van der Waals surface area contributed by atoms with E-state index in [4.69, 9.17) is 10.8 Å². The van der Waals surface area contributed by atoms with Crippen LogP contribution in [0, 0.1) is 0 Å². The van der Waals surface area contributed by atoms with Crippen molar-refractivity contribution < 1.29 is 9.90 Å². The molecule has 0 aliphatic carbocycles. The van der Waals surface area contributed by atoms with Crippen LogP contribution in [0.15, 0.2) is 18.2 Å². The Bertz CT molecular complexity index is 321. The van der Waals surface area contributed by atoms with Crippen LogP contribution in [-0.4, -0.2) is 11.1 Å². The summed E-state index contributed by atoms with van der Waals surface area (Å²) < 4.78 is 0. The average molecular weight is 179 g/mol. The third-order valence-corrected chi connectivity index (χ3v) is 2.09. The van der Waals surface area contributed by atoms with Crippen LogP contribution in [0.2, 0.25) is 0 Å². The number of carboxylic acids is 1. The molecule has 0 amide bonds. The molecule has 3 heteroatoms. The van der Waals surface area contributed by atoms with Crippen LogP contribution in [0.5, 0.6) is 0 Å². The van der Waals surface area contributed by atoms with E-state index in [0.717, 1.165) is 17.5 Å². The van der Waals surface area contributed by atoms with Gasteiger partial charge in [0.1, 0.15) is 0 Å². The van der Waals surface area contributed by atoms with Gasteiger partial charge in [-0.25, -0.2) is 4.79 Å². The molecule has 1 aromatic rings. The van der Waals surface area contributed by atoms with Gasteiger partial charge in [-0.3, -0.25) is 0 Å². The van der Waals surface area contributed by atoms with E-state index in [9.17, 15) is 4.79 Å². The van der Waals surface area contributed by atoms with Gasteiger partial charge >= 0.3 is 5.97 Å².